The summed E-state index contributed by atoms with van der Waals surface area (Å²) >= 11 is 3.15. The van der Waals surface area contributed by atoms with Crippen LogP contribution in [0, 0.1) is 11.7 Å². The average Bonchev–Trinajstić information content (AvgIpc) is 2.70. The Hall–Kier alpha value is -1.43. The summed E-state index contributed by atoms with van der Waals surface area (Å²) in [5.41, 5.74) is 0.189. The van der Waals surface area contributed by atoms with E-state index in [2.05, 4.69) is 20.7 Å². The molecular weight excluding hydrogens is 305 g/mol. The van der Waals surface area contributed by atoms with Crippen LogP contribution in [0.3, 0.4) is 0 Å². The molecule has 1 amide bonds. The third-order valence-electron chi connectivity index (χ3n) is 2.86. The Bertz CT molecular complexity index is 506. The van der Waals surface area contributed by atoms with Gasteiger partial charge in [0.25, 0.3) is 0 Å². The van der Waals surface area contributed by atoms with E-state index in [0.29, 0.717) is 4.47 Å². The molecule has 2 rings (SSSR count). The second-order valence-electron chi connectivity index (χ2n) is 4.02. The number of halogens is 2. The van der Waals surface area contributed by atoms with Gasteiger partial charge in [-0.25, -0.2) is 4.39 Å². The van der Waals surface area contributed by atoms with Crippen LogP contribution in [0.1, 0.15) is 6.42 Å². The molecular formula is C12H11BrFNO3. The number of ether oxygens (including phenoxy) is 1. The molecule has 0 bridgehead atoms. The minimum absolute atomic E-state index is 0.0577. The first-order valence-electron chi connectivity index (χ1n) is 5.36. The quantitative estimate of drug-likeness (QED) is 0.785. The lowest BCUT2D eigenvalue weighted by Crippen LogP contribution is -2.27. The summed E-state index contributed by atoms with van der Waals surface area (Å²) < 4.78 is 18.9. The van der Waals surface area contributed by atoms with Gasteiger partial charge in [-0.05, 0) is 18.2 Å². The molecule has 0 saturated carbocycles. The van der Waals surface area contributed by atoms with Crippen LogP contribution in [0.4, 0.5) is 10.1 Å². The number of amides is 1. The van der Waals surface area contributed by atoms with Crippen LogP contribution in [-0.2, 0) is 14.3 Å². The molecule has 96 valence electrons. The number of carbonyl (C=O) groups excluding carboxylic acids is 2. The lowest BCUT2D eigenvalue weighted by Gasteiger charge is -2.17. The number of carbonyl (C=O) groups is 2. The van der Waals surface area contributed by atoms with Crippen LogP contribution in [0.5, 0.6) is 0 Å². The predicted molar refractivity (Wildman–Crippen MR) is 66.6 cm³/mol. The minimum Gasteiger partial charge on any atom is -0.469 e. The van der Waals surface area contributed by atoms with Gasteiger partial charge >= 0.3 is 5.97 Å². The highest BCUT2D eigenvalue weighted by Crippen LogP contribution is 2.29. The molecule has 1 fully saturated rings. The summed E-state index contributed by atoms with van der Waals surface area (Å²) in [5, 5.41) is 0. The van der Waals surface area contributed by atoms with Gasteiger partial charge in [-0.3, -0.25) is 9.59 Å². The van der Waals surface area contributed by atoms with Gasteiger partial charge in [-0.15, -0.1) is 0 Å². The van der Waals surface area contributed by atoms with Gasteiger partial charge in [0.05, 0.1) is 18.7 Å². The number of rotatable bonds is 2. The van der Waals surface area contributed by atoms with Crippen molar-refractivity contribution in [3.05, 3.63) is 28.5 Å². The van der Waals surface area contributed by atoms with Crippen molar-refractivity contribution in [1.29, 1.82) is 0 Å². The number of methoxy groups -OCH3 is 1. The first-order chi connectivity index (χ1) is 8.52. The van der Waals surface area contributed by atoms with Gasteiger partial charge in [0.2, 0.25) is 5.91 Å². The first kappa shape index (κ1) is 13.0. The molecule has 1 saturated heterocycles. The molecule has 18 heavy (non-hydrogen) atoms. The molecule has 0 radical (unpaired) electrons. The SMILES string of the molecule is COC(=O)[C@H]1CC(=O)N(c2ccc(Br)cc2F)C1. The van der Waals surface area contributed by atoms with Gasteiger partial charge in [-0.2, -0.15) is 0 Å². The molecule has 1 aliphatic heterocycles. The van der Waals surface area contributed by atoms with Crippen molar-refractivity contribution >= 4 is 33.5 Å². The minimum atomic E-state index is -0.523. The van der Waals surface area contributed by atoms with E-state index in [1.165, 1.54) is 24.1 Å². The van der Waals surface area contributed by atoms with Crippen molar-refractivity contribution in [3.8, 4) is 0 Å². The van der Waals surface area contributed by atoms with Gasteiger partial charge < -0.3 is 9.64 Å². The van der Waals surface area contributed by atoms with E-state index in [1.807, 2.05) is 0 Å². The molecule has 1 aromatic carbocycles. The standard InChI is InChI=1S/C12H11BrFNO3/c1-18-12(17)7-4-11(16)15(6-7)10-3-2-8(13)5-9(10)14/h2-3,5,7H,4,6H2,1H3/t7-/m0/s1. The number of hydrogen-bond donors (Lipinski definition) is 0. The third kappa shape index (κ3) is 2.38. The maximum absolute atomic E-state index is 13.7. The van der Waals surface area contributed by atoms with E-state index in [0.717, 1.165) is 0 Å². The molecule has 1 atom stereocenters. The van der Waals surface area contributed by atoms with E-state index in [4.69, 9.17) is 0 Å². The Kier molecular flexibility index (Phi) is 3.65. The van der Waals surface area contributed by atoms with E-state index in [9.17, 15) is 14.0 Å². The molecule has 0 N–H and O–H groups in total. The van der Waals surface area contributed by atoms with Crippen molar-refractivity contribution in [3.63, 3.8) is 0 Å². The summed E-state index contributed by atoms with van der Waals surface area (Å²) in [6.45, 7) is 0.157. The Balaban J connectivity index is 2.24. The second kappa shape index (κ2) is 5.06. The number of nitrogens with zero attached hydrogens (tertiary/aromatic N) is 1. The van der Waals surface area contributed by atoms with Gasteiger partial charge in [-0.1, -0.05) is 15.9 Å². The lowest BCUT2D eigenvalue weighted by atomic mass is 10.1. The monoisotopic (exact) mass is 315 g/mol. The normalized spacial score (nSPS) is 19.2. The Morgan fingerprint density at radius 1 is 1.56 bits per heavy atom. The Labute approximate surface area is 112 Å². The molecule has 1 aliphatic rings. The largest absolute Gasteiger partial charge is 0.469 e. The van der Waals surface area contributed by atoms with Crippen LogP contribution in [0.2, 0.25) is 0 Å². The van der Waals surface area contributed by atoms with Crippen LogP contribution >= 0.6 is 15.9 Å². The molecule has 0 aliphatic carbocycles. The number of esters is 1. The Morgan fingerprint density at radius 3 is 2.89 bits per heavy atom. The molecule has 0 spiro atoms. The predicted octanol–water partition coefficient (Wildman–Crippen LogP) is 2.11. The van der Waals surface area contributed by atoms with Gasteiger partial charge in [0.15, 0.2) is 0 Å². The zero-order valence-corrected chi connectivity index (χ0v) is 11.2. The molecule has 4 nitrogen and oxygen atoms in total. The topological polar surface area (TPSA) is 46.6 Å². The molecule has 0 aromatic heterocycles. The highest BCUT2D eigenvalue weighted by atomic mass is 79.9. The third-order valence-corrected chi connectivity index (χ3v) is 3.35. The zero-order valence-electron chi connectivity index (χ0n) is 9.65. The highest BCUT2D eigenvalue weighted by molar-refractivity contribution is 9.10. The van der Waals surface area contributed by atoms with E-state index < -0.39 is 17.7 Å². The first-order valence-corrected chi connectivity index (χ1v) is 6.15. The smallest absolute Gasteiger partial charge is 0.311 e. The number of hydrogen-bond acceptors (Lipinski definition) is 3. The van der Waals surface area contributed by atoms with Crippen molar-refractivity contribution < 1.29 is 18.7 Å². The number of anilines is 1. The second-order valence-corrected chi connectivity index (χ2v) is 4.94. The van der Waals surface area contributed by atoms with Crippen LogP contribution in [0.15, 0.2) is 22.7 Å². The maximum atomic E-state index is 13.7. The lowest BCUT2D eigenvalue weighted by molar-refractivity contribution is -0.145. The van der Waals surface area contributed by atoms with Gasteiger partial charge in [0.1, 0.15) is 5.82 Å². The number of benzene rings is 1. The fraction of sp³-hybridized carbons (Fsp3) is 0.333. The summed E-state index contributed by atoms with van der Waals surface area (Å²) in [4.78, 5) is 24.4. The van der Waals surface area contributed by atoms with E-state index in [1.54, 1.807) is 6.07 Å². The molecule has 1 aromatic rings. The molecule has 6 heteroatoms. The van der Waals surface area contributed by atoms with Crippen molar-refractivity contribution in [2.75, 3.05) is 18.6 Å². The van der Waals surface area contributed by atoms with Crippen molar-refractivity contribution in [2.24, 2.45) is 5.92 Å². The van der Waals surface area contributed by atoms with Crippen LogP contribution in [-0.4, -0.2) is 25.5 Å². The fourth-order valence-electron chi connectivity index (χ4n) is 1.97. The fourth-order valence-corrected chi connectivity index (χ4v) is 2.30. The van der Waals surface area contributed by atoms with E-state index in [-0.39, 0.29) is 24.6 Å². The van der Waals surface area contributed by atoms with Crippen molar-refractivity contribution in [1.82, 2.24) is 0 Å². The van der Waals surface area contributed by atoms with Crippen molar-refractivity contribution in [2.45, 2.75) is 6.42 Å². The summed E-state index contributed by atoms with van der Waals surface area (Å²) in [6, 6.07) is 4.45. The van der Waals surface area contributed by atoms with E-state index >= 15 is 0 Å². The molecule has 0 unspecified atom stereocenters. The maximum Gasteiger partial charge on any atom is 0.311 e. The van der Waals surface area contributed by atoms with Gasteiger partial charge in [0, 0.05) is 17.4 Å². The zero-order chi connectivity index (χ0) is 13.3. The van der Waals surface area contributed by atoms with Crippen LogP contribution in [0.25, 0.3) is 0 Å². The highest BCUT2D eigenvalue weighted by Gasteiger charge is 2.36. The Morgan fingerprint density at radius 2 is 2.28 bits per heavy atom. The average molecular weight is 316 g/mol. The summed E-state index contributed by atoms with van der Waals surface area (Å²) in [6.07, 6.45) is 0.0577. The summed E-state index contributed by atoms with van der Waals surface area (Å²) in [5.74, 6) is -1.73. The summed E-state index contributed by atoms with van der Waals surface area (Å²) in [7, 11) is 1.27. The molecule has 1 heterocycles. The van der Waals surface area contributed by atoms with Crippen LogP contribution < -0.4 is 4.90 Å².